The van der Waals surface area contributed by atoms with Crippen LogP contribution in [0.15, 0.2) is 18.5 Å². The molecule has 9 nitrogen and oxygen atoms in total. The lowest BCUT2D eigenvalue weighted by Gasteiger charge is -2.18. The van der Waals surface area contributed by atoms with Crippen LogP contribution in [0, 0.1) is 0 Å². The average Bonchev–Trinajstić information content (AvgIpc) is 3.33. The van der Waals surface area contributed by atoms with Crippen LogP contribution >= 0.6 is 0 Å². The molecule has 0 unspecified atom stereocenters. The van der Waals surface area contributed by atoms with Gasteiger partial charge in [0.2, 0.25) is 0 Å². The maximum absolute atomic E-state index is 12.0. The Labute approximate surface area is 139 Å². The second-order valence-electron chi connectivity index (χ2n) is 6.25. The molecule has 128 valence electrons. The van der Waals surface area contributed by atoms with Crippen LogP contribution < -0.4 is 15.5 Å². The summed E-state index contributed by atoms with van der Waals surface area (Å²) in [6.45, 7) is 2.98. The molecule has 2 saturated heterocycles. The van der Waals surface area contributed by atoms with Crippen LogP contribution in [0.3, 0.4) is 0 Å². The zero-order chi connectivity index (χ0) is 16.4. The maximum atomic E-state index is 12.0. The van der Waals surface area contributed by atoms with Crippen molar-refractivity contribution < 1.29 is 9.53 Å². The smallest absolute Gasteiger partial charge is 0.315 e. The summed E-state index contributed by atoms with van der Waals surface area (Å²) in [4.78, 5) is 14.2. The summed E-state index contributed by atoms with van der Waals surface area (Å²) in [7, 11) is 0. The number of aromatic nitrogens is 4. The van der Waals surface area contributed by atoms with Gasteiger partial charge in [-0.15, -0.1) is 15.3 Å². The maximum Gasteiger partial charge on any atom is 0.315 e. The van der Waals surface area contributed by atoms with Gasteiger partial charge in [0.15, 0.2) is 5.65 Å². The molecule has 0 radical (unpaired) electrons. The Kier molecular flexibility index (Phi) is 4.16. The van der Waals surface area contributed by atoms with Gasteiger partial charge in [0.05, 0.1) is 6.10 Å². The molecule has 0 bridgehead atoms. The van der Waals surface area contributed by atoms with Crippen molar-refractivity contribution in [3.63, 3.8) is 0 Å². The van der Waals surface area contributed by atoms with Crippen LogP contribution in [0.5, 0.6) is 0 Å². The highest BCUT2D eigenvalue weighted by atomic mass is 16.5. The SMILES string of the molecule is O=C(NC[C@@H]1CCCO1)N[C@@H]1CCN(c2ccc3nncn3n2)C1. The quantitative estimate of drug-likeness (QED) is 0.830. The van der Waals surface area contributed by atoms with E-state index in [-0.39, 0.29) is 18.2 Å². The van der Waals surface area contributed by atoms with Gasteiger partial charge in [-0.25, -0.2) is 4.79 Å². The van der Waals surface area contributed by atoms with Gasteiger partial charge in [0.1, 0.15) is 12.1 Å². The Balaban J connectivity index is 1.28. The van der Waals surface area contributed by atoms with Gasteiger partial charge >= 0.3 is 6.03 Å². The molecule has 0 aromatic carbocycles. The van der Waals surface area contributed by atoms with E-state index in [0.29, 0.717) is 6.54 Å². The summed E-state index contributed by atoms with van der Waals surface area (Å²) in [5, 5.41) is 18.2. The molecule has 2 aliphatic heterocycles. The largest absolute Gasteiger partial charge is 0.376 e. The minimum atomic E-state index is -0.125. The minimum absolute atomic E-state index is 0.118. The minimum Gasteiger partial charge on any atom is -0.376 e. The Hall–Kier alpha value is -2.42. The van der Waals surface area contributed by atoms with E-state index < -0.39 is 0 Å². The Bertz CT molecular complexity index is 713. The highest BCUT2D eigenvalue weighted by Gasteiger charge is 2.25. The number of nitrogens with zero attached hydrogens (tertiary/aromatic N) is 5. The van der Waals surface area contributed by atoms with E-state index in [1.807, 2.05) is 12.1 Å². The first-order chi connectivity index (χ1) is 11.8. The lowest BCUT2D eigenvalue weighted by Crippen LogP contribution is -2.45. The first kappa shape index (κ1) is 15.1. The standard InChI is InChI=1S/C15H21N7O2/c23-15(16-8-12-2-1-7-24-12)18-11-5-6-21(9-11)14-4-3-13-19-17-10-22(13)20-14/h3-4,10-12H,1-2,5-9H2,(H2,16,18,23)/t11-,12+/m1/s1. The summed E-state index contributed by atoms with van der Waals surface area (Å²) >= 11 is 0. The van der Waals surface area contributed by atoms with Crippen LogP contribution in [0.4, 0.5) is 10.6 Å². The van der Waals surface area contributed by atoms with Crippen molar-refractivity contribution in [3.8, 4) is 0 Å². The number of urea groups is 1. The predicted octanol–water partition coefficient (Wildman–Crippen LogP) is 0.181. The lowest BCUT2D eigenvalue weighted by atomic mass is 10.2. The number of fused-ring (bicyclic) bond motifs is 1. The number of anilines is 1. The molecule has 2 aromatic rings. The second-order valence-corrected chi connectivity index (χ2v) is 6.25. The molecule has 0 aliphatic carbocycles. The van der Waals surface area contributed by atoms with Gasteiger partial charge in [0.25, 0.3) is 0 Å². The van der Waals surface area contributed by atoms with E-state index in [0.717, 1.165) is 50.4 Å². The Morgan fingerprint density at radius 3 is 3.21 bits per heavy atom. The number of hydrogen-bond donors (Lipinski definition) is 2. The van der Waals surface area contributed by atoms with Crippen molar-refractivity contribution in [3.05, 3.63) is 18.5 Å². The lowest BCUT2D eigenvalue weighted by molar-refractivity contribution is 0.111. The molecule has 4 heterocycles. The number of carbonyl (C=O) groups excluding carboxylic acids is 1. The molecule has 2 aromatic heterocycles. The molecular weight excluding hydrogens is 310 g/mol. The second kappa shape index (κ2) is 6.60. The molecule has 24 heavy (non-hydrogen) atoms. The van der Waals surface area contributed by atoms with E-state index >= 15 is 0 Å². The Morgan fingerprint density at radius 1 is 1.38 bits per heavy atom. The third kappa shape index (κ3) is 3.25. The number of hydrogen-bond acceptors (Lipinski definition) is 6. The van der Waals surface area contributed by atoms with E-state index in [1.165, 1.54) is 0 Å². The molecule has 2 aliphatic rings. The summed E-state index contributed by atoms with van der Waals surface area (Å²) in [5.74, 6) is 0.867. The average molecular weight is 331 g/mol. The highest BCUT2D eigenvalue weighted by molar-refractivity contribution is 5.74. The number of ether oxygens (including phenoxy) is 1. The highest BCUT2D eigenvalue weighted by Crippen LogP contribution is 2.18. The van der Waals surface area contributed by atoms with Crippen molar-refractivity contribution in [2.24, 2.45) is 0 Å². The van der Waals surface area contributed by atoms with E-state index in [9.17, 15) is 4.79 Å². The molecule has 4 rings (SSSR count). The summed E-state index contributed by atoms with van der Waals surface area (Å²) in [5.41, 5.74) is 0.723. The molecular formula is C15H21N7O2. The van der Waals surface area contributed by atoms with Gasteiger partial charge in [-0.05, 0) is 31.4 Å². The molecule has 0 spiro atoms. The van der Waals surface area contributed by atoms with Crippen molar-refractivity contribution in [1.82, 2.24) is 30.4 Å². The van der Waals surface area contributed by atoms with Crippen LogP contribution in [0.1, 0.15) is 19.3 Å². The monoisotopic (exact) mass is 331 g/mol. The fraction of sp³-hybridized carbons (Fsp3) is 0.600. The van der Waals surface area contributed by atoms with Crippen LogP contribution in [-0.4, -0.2) is 64.2 Å². The summed E-state index contributed by atoms with van der Waals surface area (Å²) < 4.78 is 7.16. The zero-order valence-electron chi connectivity index (χ0n) is 13.4. The fourth-order valence-corrected chi connectivity index (χ4v) is 3.22. The van der Waals surface area contributed by atoms with Gasteiger partial charge in [-0.1, -0.05) is 0 Å². The summed E-state index contributed by atoms with van der Waals surface area (Å²) in [6.07, 6.45) is 4.75. The zero-order valence-corrected chi connectivity index (χ0v) is 13.4. The van der Waals surface area contributed by atoms with E-state index in [4.69, 9.17) is 4.74 Å². The number of nitrogens with one attached hydrogen (secondary N) is 2. The fourth-order valence-electron chi connectivity index (χ4n) is 3.22. The van der Waals surface area contributed by atoms with Crippen molar-refractivity contribution in [2.75, 3.05) is 31.1 Å². The molecule has 2 atom stereocenters. The molecule has 2 N–H and O–H groups in total. The van der Waals surface area contributed by atoms with E-state index in [2.05, 4.69) is 30.8 Å². The van der Waals surface area contributed by atoms with Gasteiger partial charge in [-0.3, -0.25) is 0 Å². The molecule has 2 amide bonds. The van der Waals surface area contributed by atoms with E-state index in [1.54, 1.807) is 10.8 Å². The van der Waals surface area contributed by atoms with Crippen molar-refractivity contribution in [1.29, 1.82) is 0 Å². The number of rotatable bonds is 4. The first-order valence-electron chi connectivity index (χ1n) is 8.36. The van der Waals surface area contributed by atoms with Gasteiger partial charge in [-0.2, -0.15) is 4.52 Å². The van der Waals surface area contributed by atoms with Crippen LogP contribution in [0.2, 0.25) is 0 Å². The van der Waals surface area contributed by atoms with Gasteiger partial charge in [0, 0.05) is 32.3 Å². The predicted molar refractivity (Wildman–Crippen MR) is 86.9 cm³/mol. The van der Waals surface area contributed by atoms with Crippen molar-refractivity contribution in [2.45, 2.75) is 31.4 Å². The molecule has 2 fully saturated rings. The Morgan fingerprint density at radius 2 is 2.33 bits per heavy atom. The first-order valence-corrected chi connectivity index (χ1v) is 8.36. The van der Waals surface area contributed by atoms with Crippen molar-refractivity contribution >= 4 is 17.5 Å². The van der Waals surface area contributed by atoms with Gasteiger partial charge < -0.3 is 20.3 Å². The molecule has 0 saturated carbocycles. The van der Waals surface area contributed by atoms with Crippen LogP contribution in [-0.2, 0) is 4.74 Å². The number of amides is 2. The summed E-state index contributed by atoms with van der Waals surface area (Å²) in [6, 6.07) is 3.82. The van der Waals surface area contributed by atoms with Crippen LogP contribution in [0.25, 0.3) is 5.65 Å². The molecule has 9 heteroatoms. The third-order valence-corrected chi connectivity index (χ3v) is 4.51. The topological polar surface area (TPSA) is 96.7 Å². The number of carbonyl (C=O) groups is 1. The normalized spacial score (nSPS) is 23.8. The third-order valence-electron chi connectivity index (χ3n) is 4.51.